The molecule has 1 aliphatic carbocycles. The largest absolute Gasteiger partial charge is 0.454 e. The maximum absolute atomic E-state index is 14.0. The van der Waals surface area contributed by atoms with Gasteiger partial charge >= 0.3 is 0 Å². The van der Waals surface area contributed by atoms with Crippen LogP contribution in [0.15, 0.2) is 79.0 Å². The Morgan fingerprint density at radius 3 is 2.79 bits per heavy atom. The summed E-state index contributed by atoms with van der Waals surface area (Å²) in [4.78, 5) is 20.5. The molecule has 0 saturated carbocycles. The van der Waals surface area contributed by atoms with Gasteiger partial charge in [-0.25, -0.2) is 0 Å². The zero-order valence-electron chi connectivity index (χ0n) is 18.2. The van der Waals surface area contributed by atoms with Crippen molar-refractivity contribution in [1.82, 2.24) is 9.88 Å². The van der Waals surface area contributed by atoms with Gasteiger partial charge in [-0.3, -0.25) is 9.78 Å². The van der Waals surface area contributed by atoms with Crippen molar-refractivity contribution in [2.75, 3.05) is 6.79 Å². The molecular weight excluding hydrogens is 412 g/mol. The Hall–Kier alpha value is -3.86. The van der Waals surface area contributed by atoms with Crippen LogP contribution in [-0.4, -0.2) is 22.6 Å². The number of hydrogen-bond acceptors (Lipinski definition) is 4. The lowest BCUT2D eigenvalue weighted by atomic mass is 9.86. The zero-order valence-corrected chi connectivity index (χ0v) is 18.2. The molecule has 1 amide bonds. The van der Waals surface area contributed by atoms with Gasteiger partial charge in [-0.15, -0.1) is 0 Å². The average Bonchev–Trinajstić information content (AvgIpc) is 3.34. The fourth-order valence-corrected chi connectivity index (χ4v) is 4.97. The third-order valence-corrected chi connectivity index (χ3v) is 6.60. The summed E-state index contributed by atoms with van der Waals surface area (Å²) in [5.74, 6) is 1.47. The van der Waals surface area contributed by atoms with E-state index in [0.29, 0.717) is 12.1 Å². The summed E-state index contributed by atoms with van der Waals surface area (Å²) in [7, 11) is 0. The summed E-state index contributed by atoms with van der Waals surface area (Å²) in [6, 6.07) is 24.3. The number of pyridine rings is 1. The molecule has 0 spiro atoms. The number of aromatic nitrogens is 1. The lowest BCUT2D eigenvalue weighted by Crippen LogP contribution is -2.36. The second-order valence-corrected chi connectivity index (χ2v) is 8.64. The minimum absolute atomic E-state index is 0.00683. The second kappa shape index (κ2) is 8.24. The molecule has 0 N–H and O–H groups in total. The van der Waals surface area contributed by atoms with Crippen molar-refractivity contribution < 1.29 is 14.3 Å². The fourth-order valence-electron chi connectivity index (χ4n) is 4.97. The number of nitrogens with zero attached hydrogens (tertiary/aromatic N) is 2. The van der Waals surface area contributed by atoms with Crippen molar-refractivity contribution >= 4 is 16.8 Å². The summed E-state index contributed by atoms with van der Waals surface area (Å²) in [5, 5.41) is 0.968. The van der Waals surface area contributed by atoms with Gasteiger partial charge in [0.1, 0.15) is 0 Å². The summed E-state index contributed by atoms with van der Waals surface area (Å²) in [5.41, 5.74) is 5.08. The number of carbonyl (C=O) groups excluding carboxylic acids is 1. The topological polar surface area (TPSA) is 51.7 Å². The molecule has 2 aliphatic rings. The van der Waals surface area contributed by atoms with Crippen LogP contribution in [0.25, 0.3) is 10.9 Å². The molecule has 0 saturated heterocycles. The first-order valence-corrected chi connectivity index (χ1v) is 11.4. The van der Waals surface area contributed by atoms with Crippen LogP contribution < -0.4 is 9.47 Å². The van der Waals surface area contributed by atoms with E-state index in [1.165, 1.54) is 11.1 Å². The smallest absolute Gasteiger partial charge is 0.256 e. The molecule has 0 fully saturated rings. The van der Waals surface area contributed by atoms with Gasteiger partial charge in [0.05, 0.1) is 17.1 Å². The molecule has 0 bridgehead atoms. The maximum atomic E-state index is 14.0. The lowest BCUT2D eigenvalue weighted by molar-refractivity contribution is 0.0637. The normalized spacial score (nSPS) is 16.4. The minimum Gasteiger partial charge on any atom is -0.454 e. The van der Waals surface area contributed by atoms with Gasteiger partial charge in [-0.05, 0) is 60.2 Å². The first-order chi connectivity index (χ1) is 16.3. The molecule has 1 aromatic heterocycles. The number of ether oxygens (including phenoxy) is 2. The third-order valence-electron chi connectivity index (χ3n) is 6.60. The van der Waals surface area contributed by atoms with Crippen LogP contribution >= 0.6 is 0 Å². The zero-order chi connectivity index (χ0) is 22.2. The molecule has 5 heteroatoms. The Morgan fingerprint density at radius 2 is 1.82 bits per heavy atom. The molecule has 3 aromatic carbocycles. The number of rotatable bonds is 4. The Labute approximate surface area is 192 Å². The van der Waals surface area contributed by atoms with Gasteiger partial charge < -0.3 is 14.4 Å². The molecule has 5 nitrogen and oxygen atoms in total. The number of amides is 1. The van der Waals surface area contributed by atoms with E-state index in [1.54, 1.807) is 6.20 Å². The fraction of sp³-hybridized carbons (Fsp3) is 0.214. The average molecular weight is 437 g/mol. The highest BCUT2D eigenvalue weighted by molar-refractivity contribution is 5.97. The highest BCUT2D eigenvalue weighted by Gasteiger charge is 2.30. The Morgan fingerprint density at radius 1 is 0.970 bits per heavy atom. The molecule has 1 atom stereocenters. The predicted molar refractivity (Wildman–Crippen MR) is 126 cm³/mol. The summed E-state index contributed by atoms with van der Waals surface area (Å²) in [6.45, 7) is 0.724. The van der Waals surface area contributed by atoms with Crippen LogP contribution in [0.2, 0.25) is 0 Å². The van der Waals surface area contributed by atoms with E-state index in [1.807, 2.05) is 53.4 Å². The Kier molecular flexibility index (Phi) is 4.95. The molecule has 2 heterocycles. The molecule has 1 aliphatic heterocycles. The Balaban J connectivity index is 1.41. The molecule has 4 aromatic rings. The van der Waals surface area contributed by atoms with Gasteiger partial charge in [0, 0.05) is 18.1 Å². The summed E-state index contributed by atoms with van der Waals surface area (Å²) in [6.07, 6.45) is 4.75. The van der Waals surface area contributed by atoms with Gasteiger partial charge in [0.25, 0.3) is 5.91 Å². The quantitative estimate of drug-likeness (QED) is 0.413. The van der Waals surface area contributed by atoms with E-state index >= 15 is 0 Å². The van der Waals surface area contributed by atoms with Crippen molar-refractivity contribution in [3.63, 3.8) is 0 Å². The lowest BCUT2D eigenvalue weighted by Gasteiger charge is -2.36. The second-order valence-electron chi connectivity index (χ2n) is 8.64. The van der Waals surface area contributed by atoms with E-state index < -0.39 is 0 Å². The van der Waals surface area contributed by atoms with Crippen molar-refractivity contribution in [3.05, 3.63) is 101 Å². The number of hydrogen-bond donors (Lipinski definition) is 0. The predicted octanol–water partition coefficient (Wildman–Crippen LogP) is 5.68. The number of fused-ring (bicyclic) bond motifs is 3. The molecule has 33 heavy (non-hydrogen) atoms. The van der Waals surface area contributed by atoms with E-state index in [2.05, 4.69) is 29.2 Å². The van der Waals surface area contributed by atoms with Crippen LogP contribution in [0, 0.1) is 0 Å². The van der Waals surface area contributed by atoms with Crippen LogP contribution in [0.1, 0.15) is 45.9 Å². The summed E-state index contributed by atoms with van der Waals surface area (Å²) >= 11 is 0. The van der Waals surface area contributed by atoms with Crippen LogP contribution in [-0.2, 0) is 13.0 Å². The van der Waals surface area contributed by atoms with Crippen molar-refractivity contribution in [2.45, 2.75) is 31.8 Å². The van der Waals surface area contributed by atoms with Gasteiger partial charge in [0.15, 0.2) is 11.5 Å². The maximum Gasteiger partial charge on any atom is 0.256 e. The molecule has 6 rings (SSSR count). The first kappa shape index (κ1) is 19.8. The van der Waals surface area contributed by atoms with Crippen molar-refractivity contribution in [2.24, 2.45) is 0 Å². The molecular formula is C28H24N2O3. The molecule has 164 valence electrons. The van der Waals surface area contributed by atoms with Crippen LogP contribution in [0.4, 0.5) is 0 Å². The number of carbonyl (C=O) groups is 1. The van der Waals surface area contributed by atoms with E-state index in [0.717, 1.165) is 47.2 Å². The van der Waals surface area contributed by atoms with E-state index in [4.69, 9.17) is 9.47 Å². The van der Waals surface area contributed by atoms with Crippen molar-refractivity contribution in [1.29, 1.82) is 0 Å². The molecule has 1 unspecified atom stereocenters. The molecule has 0 radical (unpaired) electrons. The van der Waals surface area contributed by atoms with Crippen LogP contribution in [0.5, 0.6) is 11.5 Å². The number of benzene rings is 3. The SMILES string of the molecule is O=C(c1cnc2ccccc2c1)N(Cc1ccc2c(c1)OCO2)C1CCCc2ccccc21. The Bertz CT molecular complexity index is 1350. The van der Waals surface area contributed by atoms with E-state index in [-0.39, 0.29) is 18.7 Å². The number of para-hydroxylation sites is 1. The first-order valence-electron chi connectivity index (χ1n) is 11.4. The van der Waals surface area contributed by atoms with E-state index in [9.17, 15) is 4.79 Å². The minimum atomic E-state index is -0.00683. The van der Waals surface area contributed by atoms with Gasteiger partial charge in [-0.1, -0.05) is 48.5 Å². The standard InChI is InChI=1S/C28H24N2O3/c31-28(22-15-21-7-2-4-10-24(21)29-16-22)30(17-19-12-13-26-27(14-19)33-18-32-26)25-11-5-8-20-6-1-3-9-23(20)25/h1-4,6-7,9-10,12-16,25H,5,8,11,17-18H2. The van der Waals surface area contributed by atoms with Gasteiger partial charge in [0.2, 0.25) is 6.79 Å². The summed E-state index contributed by atoms with van der Waals surface area (Å²) < 4.78 is 11.0. The van der Waals surface area contributed by atoms with Crippen molar-refractivity contribution in [3.8, 4) is 11.5 Å². The monoisotopic (exact) mass is 436 g/mol. The van der Waals surface area contributed by atoms with Crippen LogP contribution in [0.3, 0.4) is 0 Å². The highest BCUT2D eigenvalue weighted by Crippen LogP contribution is 2.38. The third kappa shape index (κ3) is 3.69. The number of aryl methyl sites for hydroxylation is 1. The van der Waals surface area contributed by atoms with Gasteiger partial charge in [-0.2, -0.15) is 0 Å². The highest BCUT2D eigenvalue weighted by atomic mass is 16.7.